The van der Waals surface area contributed by atoms with Crippen LogP contribution in [0.2, 0.25) is 0 Å². The first-order valence-electron chi connectivity index (χ1n) is 7.90. The van der Waals surface area contributed by atoms with Gasteiger partial charge in [0.05, 0.1) is 18.7 Å². The molecule has 7 heteroatoms. The highest BCUT2D eigenvalue weighted by Crippen LogP contribution is 2.39. The van der Waals surface area contributed by atoms with Crippen LogP contribution in [0.15, 0.2) is 0 Å². The molecule has 1 aromatic rings. The van der Waals surface area contributed by atoms with Crippen molar-refractivity contribution in [2.24, 2.45) is 5.92 Å². The molecule has 122 valence electrons. The largest absolute Gasteiger partial charge is 0.354 e. The van der Waals surface area contributed by atoms with E-state index >= 15 is 0 Å². The number of rotatable bonds is 3. The van der Waals surface area contributed by atoms with Crippen LogP contribution in [-0.2, 0) is 22.4 Å². The van der Waals surface area contributed by atoms with Gasteiger partial charge in [-0.2, -0.15) is 5.26 Å². The molecule has 0 radical (unpaired) electrons. The molecule has 0 unspecified atom stereocenters. The van der Waals surface area contributed by atoms with Crippen molar-refractivity contribution in [2.45, 2.75) is 26.2 Å². The van der Waals surface area contributed by atoms with Gasteiger partial charge in [-0.1, -0.05) is 6.92 Å². The monoisotopic (exact) mass is 332 g/mol. The zero-order valence-corrected chi connectivity index (χ0v) is 14.0. The number of piperazine rings is 1. The van der Waals surface area contributed by atoms with Crippen molar-refractivity contribution in [2.75, 3.05) is 31.5 Å². The van der Waals surface area contributed by atoms with E-state index in [1.54, 1.807) is 0 Å². The second-order valence-electron chi connectivity index (χ2n) is 6.28. The van der Waals surface area contributed by atoms with E-state index in [1.807, 2.05) is 4.90 Å². The Balaban J connectivity index is 1.69. The topological polar surface area (TPSA) is 85.2 Å². The van der Waals surface area contributed by atoms with Gasteiger partial charge in [0.2, 0.25) is 11.8 Å². The Labute approximate surface area is 139 Å². The van der Waals surface area contributed by atoms with Crippen LogP contribution in [-0.4, -0.2) is 42.9 Å². The number of hydrogen-bond donors (Lipinski definition) is 2. The predicted molar refractivity (Wildman–Crippen MR) is 88.3 cm³/mol. The number of carbonyl (C=O) groups excluding carboxylic acids is 2. The summed E-state index contributed by atoms with van der Waals surface area (Å²) in [5.74, 6) is 0.410. The first-order chi connectivity index (χ1) is 11.1. The van der Waals surface area contributed by atoms with E-state index in [9.17, 15) is 14.9 Å². The lowest BCUT2D eigenvalue weighted by molar-refractivity contribution is -0.125. The summed E-state index contributed by atoms with van der Waals surface area (Å²) in [5.41, 5.74) is 1.74. The Kier molecular flexibility index (Phi) is 4.64. The van der Waals surface area contributed by atoms with Gasteiger partial charge in [0, 0.05) is 18.0 Å². The highest BCUT2D eigenvalue weighted by Gasteiger charge is 2.25. The SMILES string of the molecule is C[C@@H]1CCc2c(sc(NC(=O)CN3CCNC(=O)C3)c2C#N)C1. The smallest absolute Gasteiger partial charge is 0.239 e. The van der Waals surface area contributed by atoms with Crippen molar-refractivity contribution in [1.82, 2.24) is 10.2 Å². The van der Waals surface area contributed by atoms with Gasteiger partial charge in [-0.3, -0.25) is 14.5 Å². The number of carbonyl (C=O) groups is 2. The van der Waals surface area contributed by atoms with Crippen LogP contribution in [0.4, 0.5) is 5.00 Å². The van der Waals surface area contributed by atoms with Crippen molar-refractivity contribution in [3.8, 4) is 6.07 Å². The molecule has 23 heavy (non-hydrogen) atoms. The molecule has 2 N–H and O–H groups in total. The zero-order valence-electron chi connectivity index (χ0n) is 13.1. The summed E-state index contributed by atoms with van der Waals surface area (Å²) in [6, 6.07) is 2.25. The number of fused-ring (bicyclic) bond motifs is 1. The second kappa shape index (κ2) is 6.69. The first kappa shape index (κ1) is 16.0. The maximum Gasteiger partial charge on any atom is 0.239 e. The fraction of sp³-hybridized carbons (Fsp3) is 0.562. The minimum atomic E-state index is -0.164. The minimum Gasteiger partial charge on any atom is -0.354 e. The van der Waals surface area contributed by atoms with E-state index in [-0.39, 0.29) is 24.9 Å². The zero-order chi connectivity index (χ0) is 16.4. The van der Waals surface area contributed by atoms with Crippen LogP contribution in [0.5, 0.6) is 0 Å². The lowest BCUT2D eigenvalue weighted by Gasteiger charge is -2.25. The average Bonchev–Trinajstić information content (AvgIpc) is 2.82. The normalized spacial score (nSPS) is 21.2. The Morgan fingerprint density at radius 1 is 1.57 bits per heavy atom. The molecule has 1 fully saturated rings. The quantitative estimate of drug-likeness (QED) is 0.868. The van der Waals surface area contributed by atoms with Gasteiger partial charge in [0.25, 0.3) is 0 Å². The molecular weight excluding hydrogens is 312 g/mol. The highest BCUT2D eigenvalue weighted by molar-refractivity contribution is 7.16. The van der Waals surface area contributed by atoms with Crippen molar-refractivity contribution < 1.29 is 9.59 Å². The molecule has 0 aromatic carbocycles. The third-order valence-electron chi connectivity index (χ3n) is 4.36. The summed E-state index contributed by atoms with van der Waals surface area (Å²) in [6.45, 7) is 3.88. The summed E-state index contributed by atoms with van der Waals surface area (Å²) in [6.07, 6.45) is 2.99. The van der Waals surface area contributed by atoms with Gasteiger partial charge in [0.15, 0.2) is 0 Å². The Hall–Kier alpha value is -1.91. The fourth-order valence-electron chi connectivity index (χ4n) is 3.15. The number of thiophene rings is 1. The van der Waals surface area contributed by atoms with Crippen LogP contribution < -0.4 is 10.6 Å². The third-order valence-corrected chi connectivity index (χ3v) is 5.53. The van der Waals surface area contributed by atoms with Crippen LogP contribution >= 0.6 is 11.3 Å². The number of anilines is 1. The van der Waals surface area contributed by atoms with Gasteiger partial charge in [-0.15, -0.1) is 11.3 Å². The molecule has 1 aromatic heterocycles. The fourth-order valence-corrected chi connectivity index (χ4v) is 4.53. The van der Waals surface area contributed by atoms with Gasteiger partial charge in [-0.05, 0) is 30.7 Å². The van der Waals surface area contributed by atoms with Crippen LogP contribution in [0.1, 0.15) is 29.3 Å². The van der Waals surface area contributed by atoms with Crippen molar-refractivity contribution in [3.63, 3.8) is 0 Å². The molecule has 0 saturated carbocycles. The van der Waals surface area contributed by atoms with Crippen LogP contribution in [0, 0.1) is 17.2 Å². The van der Waals surface area contributed by atoms with E-state index in [2.05, 4.69) is 23.6 Å². The number of hydrogen-bond acceptors (Lipinski definition) is 5. The van der Waals surface area contributed by atoms with Gasteiger partial charge < -0.3 is 10.6 Å². The molecule has 6 nitrogen and oxygen atoms in total. The van der Waals surface area contributed by atoms with E-state index < -0.39 is 0 Å². The molecule has 0 bridgehead atoms. The van der Waals surface area contributed by atoms with E-state index in [0.29, 0.717) is 29.6 Å². The van der Waals surface area contributed by atoms with Crippen LogP contribution in [0.3, 0.4) is 0 Å². The van der Waals surface area contributed by atoms with Crippen molar-refractivity contribution >= 4 is 28.2 Å². The summed E-state index contributed by atoms with van der Waals surface area (Å²) < 4.78 is 0. The van der Waals surface area contributed by atoms with E-state index in [0.717, 1.165) is 24.8 Å². The Morgan fingerprint density at radius 3 is 3.13 bits per heavy atom. The lowest BCUT2D eigenvalue weighted by Crippen LogP contribution is -2.49. The van der Waals surface area contributed by atoms with Gasteiger partial charge in [0.1, 0.15) is 11.1 Å². The Morgan fingerprint density at radius 2 is 2.39 bits per heavy atom. The maximum absolute atomic E-state index is 12.2. The van der Waals surface area contributed by atoms with Gasteiger partial charge in [-0.25, -0.2) is 0 Å². The molecule has 1 aliphatic carbocycles. The molecule has 1 aliphatic heterocycles. The third kappa shape index (κ3) is 3.54. The molecule has 2 amide bonds. The molecule has 1 saturated heterocycles. The van der Waals surface area contributed by atoms with Gasteiger partial charge >= 0.3 is 0 Å². The van der Waals surface area contributed by atoms with Crippen LogP contribution in [0.25, 0.3) is 0 Å². The summed E-state index contributed by atoms with van der Waals surface area (Å²) >= 11 is 1.53. The van der Waals surface area contributed by atoms with E-state index in [1.165, 1.54) is 16.2 Å². The number of nitrogens with one attached hydrogen (secondary N) is 2. The minimum absolute atomic E-state index is 0.0534. The van der Waals surface area contributed by atoms with E-state index in [4.69, 9.17) is 0 Å². The molecule has 3 rings (SSSR count). The molecule has 2 aliphatic rings. The average molecular weight is 332 g/mol. The highest BCUT2D eigenvalue weighted by atomic mass is 32.1. The second-order valence-corrected chi connectivity index (χ2v) is 7.38. The molecule has 2 heterocycles. The lowest BCUT2D eigenvalue weighted by atomic mass is 9.89. The number of nitrogens with zero attached hydrogens (tertiary/aromatic N) is 2. The van der Waals surface area contributed by atoms with Crippen molar-refractivity contribution in [1.29, 1.82) is 5.26 Å². The maximum atomic E-state index is 12.2. The first-order valence-corrected chi connectivity index (χ1v) is 8.72. The van der Waals surface area contributed by atoms with Crippen molar-refractivity contribution in [3.05, 3.63) is 16.0 Å². The number of amides is 2. The molecule has 0 spiro atoms. The standard InChI is InChI=1S/C16H20N4O2S/c1-10-2-3-11-12(7-17)16(23-13(11)6-10)19-15(22)9-20-5-4-18-14(21)8-20/h10H,2-6,8-9H2,1H3,(H,18,21)(H,19,22)/t10-/m1/s1. The predicted octanol–water partition coefficient (Wildman–Crippen LogP) is 1.11. The molecule has 1 atom stereocenters. The summed E-state index contributed by atoms with van der Waals surface area (Å²) in [4.78, 5) is 26.6. The summed E-state index contributed by atoms with van der Waals surface area (Å²) in [7, 11) is 0. The number of nitriles is 1. The molecular formula is C16H20N4O2S. The Bertz CT molecular complexity index is 676. The summed E-state index contributed by atoms with van der Waals surface area (Å²) in [5, 5.41) is 15.7.